The van der Waals surface area contributed by atoms with Gasteiger partial charge in [0.2, 0.25) is 0 Å². The molecule has 0 saturated carbocycles. The van der Waals surface area contributed by atoms with Crippen molar-refractivity contribution in [1.29, 1.82) is 0 Å². The summed E-state index contributed by atoms with van der Waals surface area (Å²) in [6.07, 6.45) is 0. The van der Waals surface area contributed by atoms with Crippen LogP contribution in [0, 0.1) is 10.1 Å². The van der Waals surface area contributed by atoms with Gasteiger partial charge in [-0.2, -0.15) is 0 Å². The van der Waals surface area contributed by atoms with Crippen LogP contribution in [0.2, 0.25) is 0 Å². The second-order valence-corrected chi connectivity index (χ2v) is 3.09. The van der Waals surface area contributed by atoms with Gasteiger partial charge in [0.15, 0.2) is 5.69 Å². The number of methoxy groups -OCH3 is 1. The number of hydrogen-bond acceptors (Lipinski definition) is 6. The van der Waals surface area contributed by atoms with E-state index in [1.165, 1.54) is 13.2 Å². The van der Waals surface area contributed by atoms with Gasteiger partial charge in [0.25, 0.3) is 5.69 Å². The van der Waals surface area contributed by atoms with Crippen LogP contribution in [-0.2, 0) is 4.74 Å². The van der Waals surface area contributed by atoms with Crippen LogP contribution in [0.4, 0.5) is 11.4 Å². The van der Waals surface area contributed by atoms with Crippen molar-refractivity contribution in [3.8, 4) is 5.75 Å². The highest BCUT2D eigenvalue weighted by Gasteiger charge is 2.21. The number of ether oxygens (including phenoxy) is 2. The number of nitrogens with zero attached hydrogens (tertiary/aromatic N) is 1. The lowest BCUT2D eigenvalue weighted by Crippen LogP contribution is -2.07. The van der Waals surface area contributed by atoms with Gasteiger partial charge in [-0.05, 0) is 13.0 Å². The zero-order chi connectivity index (χ0) is 13.0. The molecular formula is C10H12N2O5. The molecule has 1 rings (SSSR count). The smallest absolute Gasteiger partial charge is 0.338 e. The molecule has 0 amide bonds. The van der Waals surface area contributed by atoms with Crippen LogP contribution in [0.15, 0.2) is 12.1 Å². The SMILES string of the molecule is CCOC(=O)c1cc(OC)c(N)c([N+](=O)[O-])c1. The number of anilines is 1. The number of esters is 1. The molecule has 1 aromatic carbocycles. The van der Waals surface area contributed by atoms with E-state index in [9.17, 15) is 14.9 Å². The standard InChI is InChI=1S/C10H12N2O5/c1-3-17-10(13)6-4-7(12(14)15)9(11)8(5-6)16-2/h4-5H,3,11H2,1-2H3. The molecule has 7 heteroatoms. The molecule has 0 unspecified atom stereocenters. The molecular weight excluding hydrogens is 228 g/mol. The van der Waals surface area contributed by atoms with Crippen molar-refractivity contribution in [3.63, 3.8) is 0 Å². The molecule has 0 bridgehead atoms. The molecule has 0 heterocycles. The highest BCUT2D eigenvalue weighted by molar-refractivity contribution is 5.92. The molecule has 7 nitrogen and oxygen atoms in total. The first-order valence-corrected chi connectivity index (χ1v) is 4.80. The first kappa shape index (κ1) is 12.8. The van der Waals surface area contributed by atoms with Gasteiger partial charge in [-0.25, -0.2) is 4.79 Å². The number of benzene rings is 1. The minimum absolute atomic E-state index is 0.0320. The fraction of sp³-hybridized carbons (Fsp3) is 0.300. The summed E-state index contributed by atoms with van der Waals surface area (Å²) in [5.41, 5.74) is 5.05. The van der Waals surface area contributed by atoms with E-state index < -0.39 is 10.9 Å². The fourth-order valence-electron chi connectivity index (χ4n) is 1.26. The first-order chi connectivity index (χ1) is 8.01. The molecule has 0 aliphatic heterocycles. The molecule has 1 aromatic rings. The Hall–Kier alpha value is -2.31. The van der Waals surface area contributed by atoms with E-state index in [-0.39, 0.29) is 29.3 Å². The molecule has 0 spiro atoms. The van der Waals surface area contributed by atoms with Crippen molar-refractivity contribution in [3.05, 3.63) is 27.8 Å². The maximum atomic E-state index is 11.5. The Bertz CT molecular complexity index is 458. The van der Waals surface area contributed by atoms with E-state index in [1.807, 2.05) is 0 Å². The number of rotatable bonds is 4. The summed E-state index contributed by atoms with van der Waals surface area (Å²) < 4.78 is 9.61. The zero-order valence-corrected chi connectivity index (χ0v) is 9.43. The van der Waals surface area contributed by atoms with Gasteiger partial charge in [0, 0.05) is 6.07 Å². The van der Waals surface area contributed by atoms with E-state index >= 15 is 0 Å². The van der Waals surface area contributed by atoms with Gasteiger partial charge in [0.05, 0.1) is 24.2 Å². The summed E-state index contributed by atoms with van der Waals surface area (Å²) in [6.45, 7) is 1.82. The molecule has 0 aromatic heterocycles. The van der Waals surface area contributed by atoms with E-state index in [4.69, 9.17) is 15.2 Å². The third-order valence-corrected chi connectivity index (χ3v) is 2.05. The number of nitrogens with two attached hydrogens (primary N) is 1. The monoisotopic (exact) mass is 240 g/mol. The number of nitro benzene ring substituents is 1. The molecule has 0 saturated heterocycles. The van der Waals surface area contributed by atoms with Crippen molar-refractivity contribution >= 4 is 17.3 Å². The lowest BCUT2D eigenvalue weighted by Gasteiger charge is -2.07. The number of nitro groups is 1. The number of carbonyl (C=O) groups excluding carboxylic acids is 1. The Morgan fingerprint density at radius 3 is 2.65 bits per heavy atom. The Balaban J connectivity index is 3.29. The second kappa shape index (κ2) is 5.15. The van der Waals surface area contributed by atoms with Gasteiger partial charge in [-0.3, -0.25) is 10.1 Å². The van der Waals surface area contributed by atoms with Crippen LogP contribution >= 0.6 is 0 Å². The predicted octanol–water partition coefficient (Wildman–Crippen LogP) is 1.36. The van der Waals surface area contributed by atoms with Crippen molar-refractivity contribution < 1.29 is 19.2 Å². The van der Waals surface area contributed by atoms with Crippen molar-refractivity contribution in [2.24, 2.45) is 0 Å². The summed E-state index contributed by atoms with van der Waals surface area (Å²) in [6, 6.07) is 2.37. The molecule has 92 valence electrons. The maximum Gasteiger partial charge on any atom is 0.338 e. The molecule has 0 aliphatic rings. The minimum atomic E-state index is -0.680. The van der Waals surface area contributed by atoms with Gasteiger partial charge in [-0.1, -0.05) is 0 Å². The van der Waals surface area contributed by atoms with E-state index in [2.05, 4.69) is 0 Å². The lowest BCUT2D eigenvalue weighted by molar-refractivity contribution is -0.384. The normalized spacial score (nSPS) is 9.76. The fourth-order valence-corrected chi connectivity index (χ4v) is 1.26. The third-order valence-electron chi connectivity index (χ3n) is 2.05. The van der Waals surface area contributed by atoms with Crippen LogP contribution in [0.5, 0.6) is 5.75 Å². The minimum Gasteiger partial charge on any atom is -0.494 e. The molecule has 2 N–H and O–H groups in total. The summed E-state index contributed by atoms with van der Waals surface area (Å²) in [4.78, 5) is 21.5. The quantitative estimate of drug-likeness (QED) is 0.368. The Morgan fingerprint density at radius 2 is 2.18 bits per heavy atom. The highest BCUT2D eigenvalue weighted by atomic mass is 16.6. The maximum absolute atomic E-state index is 11.5. The van der Waals surface area contributed by atoms with E-state index in [1.54, 1.807) is 6.92 Å². The lowest BCUT2D eigenvalue weighted by atomic mass is 10.1. The molecule has 0 radical (unpaired) electrons. The molecule has 17 heavy (non-hydrogen) atoms. The van der Waals surface area contributed by atoms with Crippen molar-refractivity contribution in [2.45, 2.75) is 6.92 Å². The molecule has 0 atom stereocenters. The number of hydrogen-bond donors (Lipinski definition) is 1. The van der Waals surface area contributed by atoms with Crippen LogP contribution in [0.25, 0.3) is 0 Å². The second-order valence-electron chi connectivity index (χ2n) is 3.09. The van der Waals surface area contributed by atoms with Crippen LogP contribution in [0.3, 0.4) is 0 Å². The van der Waals surface area contributed by atoms with E-state index in [0.29, 0.717) is 0 Å². The Kier molecular flexibility index (Phi) is 3.86. The van der Waals surface area contributed by atoms with Gasteiger partial charge in [-0.15, -0.1) is 0 Å². The summed E-state index contributed by atoms with van der Waals surface area (Å²) in [7, 11) is 1.31. The van der Waals surface area contributed by atoms with Crippen molar-refractivity contribution in [2.75, 3.05) is 19.5 Å². The van der Waals surface area contributed by atoms with Gasteiger partial charge >= 0.3 is 5.97 Å². The topological polar surface area (TPSA) is 105 Å². The highest BCUT2D eigenvalue weighted by Crippen LogP contribution is 2.33. The Morgan fingerprint density at radius 1 is 1.53 bits per heavy atom. The summed E-state index contributed by atoms with van der Waals surface area (Å²) in [5, 5.41) is 10.7. The Labute approximate surface area is 97.3 Å². The predicted molar refractivity (Wildman–Crippen MR) is 60.0 cm³/mol. The van der Waals surface area contributed by atoms with Crippen LogP contribution < -0.4 is 10.5 Å². The van der Waals surface area contributed by atoms with E-state index in [0.717, 1.165) is 6.07 Å². The number of carbonyl (C=O) groups is 1. The largest absolute Gasteiger partial charge is 0.494 e. The molecule has 0 fully saturated rings. The average Bonchev–Trinajstić information content (AvgIpc) is 2.29. The third kappa shape index (κ3) is 2.63. The van der Waals surface area contributed by atoms with Crippen LogP contribution in [0.1, 0.15) is 17.3 Å². The van der Waals surface area contributed by atoms with Crippen molar-refractivity contribution in [1.82, 2.24) is 0 Å². The summed E-state index contributed by atoms with van der Waals surface area (Å²) >= 11 is 0. The zero-order valence-electron chi connectivity index (χ0n) is 9.43. The van der Waals surface area contributed by atoms with Crippen LogP contribution in [-0.4, -0.2) is 24.6 Å². The molecule has 0 aliphatic carbocycles. The van der Waals surface area contributed by atoms with Gasteiger partial charge in [0.1, 0.15) is 5.75 Å². The summed E-state index contributed by atoms with van der Waals surface area (Å²) in [5.74, 6) is -0.587. The number of nitrogen functional groups attached to an aromatic ring is 1. The average molecular weight is 240 g/mol. The first-order valence-electron chi connectivity index (χ1n) is 4.80. The van der Waals surface area contributed by atoms with Gasteiger partial charge < -0.3 is 15.2 Å².